The van der Waals surface area contributed by atoms with Gasteiger partial charge in [-0.25, -0.2) is 9.97 Å². The van der Waals surface area contributed by atoms with E-state index >= 15 is 0 Å². The predicted molar refractivity (Wildman–Crippen MR) is 116 cm³/mol. The standard InChI is InChI=1S/C23H21N5O3/c29-23(25-15-20-24-9-8-21(26-20)28-10-12-30-13-11-28)17-6-7-19-18(14-17)22(31-27-19)16-4-2-1-3-5-16/h1-9,14H,10-13,15H2,(H,25,29). The number of carbonyl (C=O) groups is 1. The second-order valence-corrected chi connectivity index (χ2v) is 7.22. The zero-order valence-corrected chi connectivity index (χ0v) is 16.8. The summed E-state index contributed by atoms with van der Waals surface area (Å²) in [5.74, 6) is 1.85. The number of benzene rings is 2. The van der Waals surface area contributed by atoms with Crippen molar-refractivity contribution in [1.82, 2.24) is 20.4 Å². The molecule has 5 rings (SSSR count). The average molecular weight is 415 g/mol. The number of hydrogen-bond acceptors (Lipinski definition) is 7. The third kappa shape index (κ3) is 4.10. The number of hydrogen-bond donors (Lipinski definition) is 1. The van der Waals surface area contributed by atoms with Crippen LogP contribution in [0.15, 0.2) is 65.3 Å². The minimum atomic E-state index is -0.206. The molecule has 1 fully saturated rings. The third-order valence-electron chi connectivity index (χ3n) is 5.21. The lowest BCUT2D eigenvalue weighted by Gasteiger charge is -2.27. The molecule has 8 nitrogen and oxygen atoms in total. The van der Waals surface area contributed by atoms with Gasteiger partial charge < -0.3 is 19.5 Å². The molecule has 1 N–H and O–H groups in total. The quantitative estimate of drug-likeness (QED) is 0.535. The van der Waals surface area contributed by atoms with Gasteiger partial charge in [0.15, 0.2) is 5.76 Å². The van der Waals surface area contributed by atoms with Crippen LogP contribution in [0.2, 0.25) is 0 Å². The monoisotopic (exact) mass is 415 g/mol. The van der Waals surface area contributed by atoms with E-state index in [9.17, 15) is 4.79 Å². The van der Waals surface area contributed by atoms with Crippen molar-refractivity contribution < 1.29 is 14.1 Å². The number of ether oxygens (including phenoxy) is 1. The summed E-state index contributed by atoms with van der Waals surface area (Å²) in [6, 6.07) is 16.9. The Bertz CT molecular complexity index is 1200. The van der Waals surface area contributed by atoms with E-state index in [4.69, 9.17) is 9.26 Å². The predicted octanol–water partition coefficient (Wildman–Crippen LogP) is 3.05. The molecule has 3 heterocycles. The lowest BCUT2D eigenvalue weighted by molar-refractivity contribution is 0.0950. The summed E-state index contributed by atoms with van der Waals surface area (Å²) in [6.45, 7) is 3.21. The van der Waals surface area contributed by atoms with Gasteiger partial charge in [-0.2, -0.15) is 0 Å². The summed E-state index contributed by atoms with van der Waals surface area (Å²) in [5, 5.41) is 7.80. The van der Waals surface area contributed by atoms with Crippen LogP contribution in [0.5, 0.6) is 0 Å². The van der Waals surface area contributed by atoms with E-state index in [-0.39, 0.29) is 12.5 Å². The van der Waals surface area contributed by atoms with Crippen LogP contribution in [0.3, 0.4) is 0 Å². The van der Waals surface area contributed by atoms with Gasteiger partial charge in [0.25, 0.3) is 5.91 Å². The maximum atomic E-state index is 12.8. The molecule has 0 unspecified atom stereocenters. The van der Waals surface area contributed by atoms with E-state index in [0.717, 1.165) is 29.9 Å². The van der Waals surface area contributed by atoms with Gasteiger partial charge in [-0.15, -0.1) is 0 Å². The Balaban J connectivity index is 1.32. The highest BCUT2D eigenvalue weighted by atomic mass is 16.5. The molecule has 0 aliphatic carbocycles. The molecule has 156 valence electrons. The van der Waals surface area contributed by atoms with Crippen molar-refractivity contribution >= 4 is 22.6 Å². The smallest absolute Gasteiger partial charge is 0.251 e. The zero-order valence-electron chi connectivity index (χ0n) is 16.8. The van der Waals surface area contributed by atoms with Crippen molar-refractivity contribution in [2.45, 2.75) is 6.54 Å². The molecule has 1 aliphatic heterocycles. The fourth-order valence-electron chi connectivity index (χ4n) is 3.58. The molecule has 0 saturated carbocycles. The summed E-state index contributed by atoms with van der Waals surface area (Å²) in [7, 11) is 0. The molecule has 0 atom stereocenters. The molecule has 0 spiro atoms. The molecule has 1 aliphatic rings. The Morgan fingerprint density at radius 1 is 1.06 bits per heavy atom. The topological polar surface area (TPSA) is 93.4 Å². The molecular formula is C23H21N5O3. The van der Waals surface area contributed by atoms with Gasteiger partial charge in [-0.3, -0.25) is 4.79 Å². The number of aromatic nitrogens is 3. The van der Waals surface area contributed by atoms with Crippen LogP contribution in [0.4, 0.5) is 5.82 Å². The number of rotatable bonds is 5. The van der Waals surface area contributed by atoms with Crippen molar-refractivity contribution in [2.24, 2.45) is 0 Å². The van der Waals surface area contributed by atoms with Gasteiger partial charge in [0.2, 0.25) is 0 Å². The SMILES string of the molecule is O=C(NCc1nccc(N2CCOCC2)n1)c1ccc2noc(-c3ccccc3)c2c1. The van der Waals surface area contributed by atoms with E-state index in [1.54, 1.807) is 24.4 Å². The Morgan fingerprint density at radius 2 is 1.90 bits per heavy atom. The number of nitrogens with one attached hydrogen (secondary N) is 1. The number of anilines is 1. The summed E-state index contributed by atoms with van der Waals surface area (Å²) in [6.07, 6.45) is 1.72. The summed E-state index contributed by atoms with van der Waals surface area (Å²) >= 11 is 0. The molecule has 0 bridgehead atoms. The average Bonchev–Trinajstić information content (AvgIpc) is 3.27. The van der Waals surface area contributed by atoms with Crippen LogP contribution in [0.1, 0.15) is 16.2 Å². The number of morpholine rings is 1. The number of nitrogens with zero attached hydrogens (tertiary/aromatic N) is 4. The number of fused-ring (bicyclic) bond motifs is 1. The highest BCUT2D eigenvalue weighted by Crippen LogP contribution is 2.29. The van der Waals surface area contributed by atoms with Crippen molar-refractivity contribution in [3.8, 4) is 11.3 Å². The first-order valence-electron chi connectivity index (χ1n) is 10.2. The van der Waals surface area contributed by atoms with Crippen LogP contribution in [-0.2, 0) is 11.3 Å². The maximum Gasteiger partial charge on any atom is 0.251 e. The molecule has 1 saturated heterocycles. The normalized spacial score (nSPS) is 14.0. The van der Waals surface area contributed by atoms with Crippen molar-refractivity contribution in [1.29, 1.82) is 0 Å². The van der Waals surface area contributed by atoms with Gasteiger partial charge in [0.05, 0.1) is 25.1 Å². The van der Waals surface area contributed by atoms with Gasteiger partial charge in [-0.1, -0.05) is 35.5 Å². The summed E-state index contributed by atoms with van der Waals surface area (Å²) in [5.41, 5.74) is 2.14. The summed E-state index contributed by atoms with van der Waals surface area (Å²) in [4.78, 5) is 23.8. The first-order chi connectivity index (χ1) is 15.3. The minimum absolute atomic E-state index is 0.206. The first kappa shape index (κ1) is 19.2. The second kappa shape index (κ2) is 8.53. The van der Waals surface area contributed by atoms with E-state index in [0.29, 0.717) is 35.9 Å². The van der Waals surface area contributed by atoms with Crippen molar-refractivity contribution in [2.75, 3.05) is 31.2 Å². The molecule has 1 amide bonds. The van der Waals surface area contributed by atoms with Crippen LogP contribution in [0.25, 0.3) is 22.2 Å². The molecular weight excluding hydrogens is 394 g/mol. The molecule has 2 aromatic heterocycles. The van der Waals surface area contributed by atoms with Gasteiger partial charge in [-0.05, 0) is 24.3 Å². The van der Waals surface area contributed by atoms with E-state index in [1.807, 2.05) is 36.4 Å². The maximum absolute atomic E-state index is 12.8. The molecule has 2 aromatic carbocycles. The lowest BCUT2D eigenvalue weighted by Crippen LogP contribution is -2.37. The van der Waals surface area contributed by atoms with Gasteiger partial charge in [0.1, 0.15) is 17.2 Å². The van der Waals surface area contributed by atoms with Crippen LogP contribution in [0, 0.1) is 0 Å². The molecule has 0 radical (unpaired) electrons. The Morgan fingerprint density at radius 3 is 2.74 bits per heavy atom. The van der Waals surface area contributed by atoms with Crippen molar-refractivity contribution in [3.63, 3.8) is 0 Å². The zero-order chi connectivity index (χ0) is 21.0. The van der Waals surface area contributed by atoms with E-state index in [1.165, 1.54) is 0 Å². The highest BCUT2D eigenvalue weighted by molar-refractivity contribution is 6.00. The number of amides is 1. The Kier molecular flexibility index (Phi) is 5.28. The number of carbonyl (C=O) groups excluding carboxylic acids is 1. The van der Waals surface area contributed by atoms with Gasteiger partial charge >= 0.3 is 0 Å². The highest BCUT2D eigenvalue weighted by Gasteiger charge is 2.15. The second-order valence-electron chi connectivity index (χ2n) is 7.22. The third-order valence-corrected chi connectivity index (χ3v) is 5.21. The van der Waals surface area contributed by atoms with Crippen molar-refractivity contribution in [3.05, 3.63) is 72.2 Å². The van der Waals surface area contributed by atoms with Crippen LogP contribution >= 0.6 is 0 Å². The minimum Gasteiger partial charge on any atom is -0.378 e. The molecule has 31 heavy (non-hydrogen) atoms. The van der Waals surface area contributed by atoms with E-state index < -0.39 is 0 Å². The van der Waals surface area contributed by atoms with E-state index in [2.05, 4.69) is 25.3 Å². The van der Waals surface area contributed by atoms with Gasteiger partial charge in [0, 0.05) is 30.4 Å². The van der Waals surface area contributed by atoms with Crippen LogP contribution < -0.4 is 10.2 Å². The largest absolute Gasteiger partial charge is 0.378 e. The fraction of sp³-hybridized carbons (Fsp3) is 0.217. The molecule has 4 aromatic rings. The lowest BCUT2D eigenvalue weighted by atomic mass is 10.1. The fourth-order valence-corrected chi connectivity index (χ4v) is 3.58. The Labute approximate surface area is 178 Å². The first-order valence-corrected chi connectivity index (χ1v) is 10.2. The Hall–Kier alpha value is -3.78. The summed E-state index contributed by atoms with van der Waals surface area (Å²) < 4.78 is 10.9. The molecule has 8 heteroatoms. The van der Waals surface area contributed by atoms with Crippen LogP contribution in [-0.4, -0.2) is 47.3 Å².